The van der Waals surface area contributed by atoms with E-state index in [-0.39, 0.29) is 16.7 Å². The fourth-order valence-corrected chi connectivity index (χ4v) is 5.08. The molecule has 31 heavy (non-hydrogen) atoms. The van der Waals surface area contributed by atoms with Gasteiger partial charge in [-0.15, -0.1) is 0 Å². The lowest BCUT2D eigenvalue weighted by Gasteiger charge is -2.30. The van der Waals surface area contributed by atoms with Gasteiger partial charge in [0.15, 0.2) is 0 Å². The lowest BCUT2D eigenvalue weighted by molar-refractivity contribution is -0.168. The third kappa shape index (κ3) is 3.41. The highest BCUT2D eigenvalue weighted by atomic mass is 32.2. The molecule has 2 fully saturated rings. The van der Waals surface area contributed by atoms with E-state index in [1.54, 1.807) is 0 Å². The third-order valence-electron chi connectivity index (χ3n) is 6.32. The molecule has 12 heteroatoms. The summed E-state index contributed by atoms with van der Waals surface area (Å²) in [5, 5.41) is 26.6. The van der Waals surface area contributed by atoms with Crippen molar-refractivity contribution >= 4 is 27.3 Å². The van der Waals surface area contributed by atoms with Crippen LogP contribution in [0.3, 0.4) is 0 Å². The van der Waals surface area contributed by atoms with Gasteiger partial charge >= 0.3 is 21.3 Å². The van der Waals surface area contributed by atoms with Gasteiger partial charge in [0, 0.05) is 11.1 Å². The topological polar surface area (TPSA) is 154 Å². The van der Waals surface area contributed by atoms with Crippen molar-refractivity contribution in [3.05, 3.63) is 22.8 Å². The highest BCUT2D eigenvalue weighted by Gasteiger charge is 2.55. The quantitative estimate of drug-likeness (QED) is 0.286. The first-order valence-electron chi connectivity index (χ1n) is 9.89. The number of carbonyl (C=O) groups is 1. The summed E-state index contributed by atoms with van der Waals surface area (Å²) in [7, 11) is -6.05. The van der Waals surface area contributed by atoms with Gasteiger partial charge in [-0.3, -0.25) is 4.55 Å². The standard InChI is InChI=1S/C19H22F2O9S/c20-19(21,31(26,27)28)16(23)30-15(22)10-9-11-12(17(24)5-1-2-6-17)13(14(10)29-11)18(25)7-3-4-8-18/h9,16,23-25H,1-8H2,(H,26,27,28). The highest BCUT2D eigenvalue weighted by Crippen LogP contribution is 2.53. The first-order valence-corrected chi connectivity index (χ1v) is 11.3. The number of furan rings is 2. The average molecular weight is 464 g/mol. The van der Waals surface area contributed by atoms with Gasteiger partial charge < -0.3 is 24.5 Å². The molecule has 0 saturated heterocycles. The van der Waals surface area contributed by atoms with Crippen molar-refractivity contribution in [2.24, 2.45) is 0 Å². The second kappa shape index (κ2) is 7.07. The summed E-state index contributed by atoms with van der Waals surface area (Å²) in [6, 6.07) is 1.14. The van der Waals surface area contributed by atoms with Crippen molar-refractivity contribution in [3.8, 4) is 0 Å². The number of ether oxygens (including phenoxy) is 1. The minimum atomic E-state index is -6.05. The zero-order chi connectivity index (χ0) is 22.8. The summed E-state index contributed by atoms with van der Waals surface area (Å²) in [4.78, 5) is 12.5. The monoisotopic (exact) mass is 464 g/mol. The molecule has 1 atom stereocenters. The van der Waals surface area contributed by atoms with Gasteiger partial charge in [0.1, 0.15) is 16.7 Å². The Bertz CT molecular complexity index is 1100. The second-order valence-corrected chi connectivity index (χ2v) is 9.87. The van der Waals surface area contributed by atoms with Crippen LogP contribution in [-0.2, 0) is 26.1 Å². The SMILES string of the molecule is O=C(OC(O)C(F)(F)S(=O)(=O)O)c1cc2oc1c(C1(O)CCCC1)c2C1(O)CCCC1. The predicted octanol–water partition coefficient (Wildman–Crippen LogP) is 2.35. The normalized spacial score (nSPS) is 22.3. The molecule has 1 unspecified atom stereocenters. The number of esters is 1. The smallest absolute Gasteiger partial charge is 0.430 e. The Labute approximate surface area is 175 Å². The van der Waals surface area contributed by atoms with Crippen LogP contribution < -0.4 is 0 Å². The van der Waals surface area contributed by atoms with E-state index in [2.05, 4.69) is 4.74 Å². The first-order chi connectivity index (χ1) is 14.3. The predicted molar refractivity (Wildman–Crippen MR) is 100 cm³/mol. The summed E-state index contributed by atoms with van der Waals surface area (Å²) in [5.41, 5.74) is -2.59. The average Bonchev–Trinajstić information content (AvgIpc) is 3.44. The van der Waals surface area contributed by atoms with Crippen LogP contribution in [0.5, 0.6) is 0 Å². The maximum atomic E-state index is 13.5. The van der Waals surface area contributed by atoms with Crippen LogP contribution in [0.2, 0.25) is 0 Å². The number of alkyl halides is 2. The molecular weight excluding hydrogens is 442 g/mol. The van der Waals surface area contributed by atoms with Gasteiger partial charge in [-0.25, -0.2) is 4.79 Å². The first kappa shape index (κ1) is 22.3. The number of aliphatic hydroxyl groups excluding tert-OH is 1. The molecule has 2 heterocycles. The van der Waals surface area contributed by atoms with Gasteiger partial charge in [-0.1, -0.05) is 25.7 Å². The Morgan fingerprint density at radius 3 is 2.03 bits per heavy atom. The van der Waals surface area contributed by atoms with Gasteiger partial charge in [0.2, 0.25) is 0 Å². The van der Waals surface area contributed by atoms with Crippen LogP contribution in [0.4, 0.5) is 8.78 Å². The van der Waals surface area contributed by atoms with Crippen LogP contribution in [0.15, 0.2) is 10.5 Å². The molecule has 0 spiro atoms. The van der Waals surface area contributed by atoms with E-state index >= 15 is 0 Å². The van der Waals surface area contributed by atoms with Crippen LogP contribution in [-0.4, -0.2) is 45.8 Å². The third-order valence-corrected chi connectivity index (χ3v) is 7.21. The number of carbonyl (C=O) groups excluding carboxylic acids is 1. The highest BCUT2D eigenvalue weighted by molar-refractivity contribution is 7.86. The number of benzene rings is 1. The minimum absolute atomic E-state index is 0.0812. The zero-order valence-electron chi connectivity index (χ0n) is 16.3. The van der Waals surface area contributed by atoms with Gasteiger partial charge in [0.05, 0.1) is 11.2 Å². The van der Waals surface area contributed by atoms with Gasteiger partial charge in [-0.05, 0) is 31.7 Å². The molecule has 0 amide bonds. The molecule has 0 aliphatic heterocycles. The molecule has 2 aromatic heterocycles. The van der Waals surface area contributed by atoms with E-state index in [1.807, 2.05) is 0 Å². The number of hydrogen-bond acceptors (Lipinski definition) is 8. The number of rotatable bonds is 6. The summed E-state index contributed by atoms with van der Waals surface area (Å²) < 4.78 is 67.0. The van der Waals surface area contributed by atoms with Crippen LogP contribution in [0.1, 0.15) is 72.9 Å². The summed E-state index contributed by atoms with van der Waals surface area (Å²) in [5.74, 6) is -1.53. The zero-order valence-corrected chi connectivity index (χ0v) is 17.1. The van der Waals surface area contributed by atoms with Crippen LogP contribution in [0, 0.1) is 0 Å². The molecular formula is C19H22F2O9S. The van der Waals surface area contributed by atoms with Crippen LogP contribution in [0.25, 0.3) is 11.2 Å². The summed E-state index contributed by atoms with van der Waals surface area (Å²) >= 11 is 0. The molecule has 0 radical (unpaired) electrons. The Hall–Kier alpha value is -1.86. The fraction of sp³-hybridized carbons (Fsp3) is 0.632. The number of fused-ring (bicyclic) bond motifs is 2. The fourth-order valence-electron chi connectivity index (χ4n) is 4.77. The van der Waals surface area contributed by atoms with Crippen molar-refractivity contribution in [3.63, 3.8) is 0 Å². The van der Waals surface area contributed by atoms with E-state index in [0.717, 1.165) is 18.9 Å². The molecule has 0 aromatic carbocycles. The van der Waals surface area contributed by atoms with Crippen molar-refractivity contribution in [1.29, 1.82) is 0 Å². The van der Waals surface area contributed by atoms with Crippen molar-refractivity contribution < 1.29 is 51.0 Å². The molecule has 2 aromatic rings. The molecule has 2 aliphatic carbocycles. The molecule has 4 N–H and O–H groups in total. The Morgan fingerprint density at radius 1 is 1.06 bits per heavy atom. The molecule has 2 saturated carbocycles. The molecule has 2 aliphatic rings. The van der Waals surface area contributed by atoms with E-state index in [1.165, 1.54) is 0 Å². The lowest BCUT2D eigenvalue weighted by Crippen LogP contribution is -2.43. The summed E-state index contributed by atoms with van der Waals surface area (Å²) in [6.45, 7) is 0. The Balaban J connectivity index is 1.75. The number of hydrogen-bond donors (Lipinski definition) is 4. The van der Waals surface area contributed by atoms with E-state index in [9.17, 15) is 37.3 Å². The van der Waals surface area contributed by atoms with Crippen molar-refractivity contribution in [2.75, 3.05) is 0 Å². The van der Waals surface area contributed by atoms with Gasteiger partial charge in [-0.2, -0.15) is 17.2 Å². The number of aliphatic hydroxyl groups is 3. The maximum absolute atomic E-state index is 13.5. The maximum Gasteiger partial charge on any atom is 0.430 e. The van der Waals surface area contributed by atoms with Gasteiger partial charge in [0.25, 0.3) is 6.29 Å². The largest absolute Gasteiger partial charge is 0.456 e. The minimum Gasteiger partial charge on any atom is -0.456 e. The van der Waals surface area contributed by atoms with Crippen molar-refractivity contribution in [2.45, 2.75) is 74.1 Å². The molecule has 9 nitrogen and oxygen atoms in total. The van der Waals surface area contributed by atoms with E-state index in [4.69, 9.17) is 8.97 Å². The Morgan fingerprint density at radius 2 is 1.55 bits per heavy atom. The Kier molecular flexibility index (Phi) is 5.10. The molecule has 172 valence electrons. The molecule has 4 rings (SSSR count). The number of halogens is 2. The van der Waals surface area contributed by atoms with E-state index in [0.29, 0.717) is 44.1 Å². The summed E-state index contributed by atoms with van der Waals surface area (Å²) in [6.07, 6.45) is 0.953. The molecule has 2 bridgehead atoms. The van der Waals surface area contributed by atoms with E-state index < -0.39 is 44.4 Å². The lowest BCUT2D eigenvalue weighted by atomic mass is 9.79. The van der Waals surface area contributed by atoms with Crippen LogP contribution >= 0.6 is 0 Å². The second-order valence-electron chi connectivity index (χ2n) is 8.38. The van der Waals surface area contributed by atoms with Crippen molar-refractivity contribution in [1.82, 2.24) is 0 Å².